The van der Waals surface area contributed by atoms with Crippen molar-refractivity contribution in [2.75, 3.05) is 5.73 Å². The summed E-state index contributed by atoms with van der Waals surface area (Å²) < 4.78 is 13.0. The Bertz CT molecular complexity index is 519. The van der Waals surface area contributed by atoms with Gasteiger partial charge in [0.1, 0.15) is 11.5 Å². The Morgan fingerprint density at radius 2 is 2.21 bits per heavy atom. The molecule has 72 valence electrons. The highest BCUT2D eigenvalue weighted by atomic mass is 19.1. The molecule has 14 heavy (non-hydrogen) atoms. The van der Waals surface area contributed by atoms with Crippen LogP contribution in [0, 0.1) is 5.82 Å². The summed E-state index contributed by atoms with van der Waals surface area (Å²) >= 11 is 0. The van der Waals surface area contributed by atoms with Crippen molar-refractivity contribution in [3.05, 3.63) is 29.7 Å². The maximum absolute atomic E-state index is 13.0. The molecule has 4 nitrogen and oxygen atoms in total. The number of benzene rings is 1. The lowest BCUT2D eigenvalue weighted by atomic mass is 10.2. The molecule has 0 unspecified atom stereocenters. The molecule has 0 fully saturated rings. The van der Waals surface area contributed by atoms with E-state index in [2.05, 4.69) is 4.98 Å². The molecule has 5 heteroatoms. The van der Waals surface area contributed by atoms with E-state index in [1.54, 1.807) is 0 Å². The van der Waals surface area contributed by atoms with Crippen LogP contribution < -0.4 is 5.73 Å². The second-order valence-electron chi connectivity index (χ2n) is 2.91. The molecule has 0 atom stereocenters. The van der Waals surface area contributed by atoms with E-state index >= 15 is 0 Å². The number of rotatable bonds is 1. The molecule has 0 amide bonds. The van der Waals surface area contributed by atoms with Crippen LogP contribution in [0.5, 0.6) is 0 Å². The molecule has 0 saturated carbocycles. The Morgan fingerprint density at radius 1 is 1.50 bits per heavy atom. The zero-order valence-corrected chi connectivity index (χ0v) is 7.04. The first-order chi connectivity index (χ1) is 6.59. The summed E-state index contributed by atoms with van der Waals surface area (Å²) in [5, 5.41) is 9.07. The number of H-pyrrole nitrogens is 1. The number of fused-ring (bicyclic) bond motifs is 1. The second kappa shape index (κ2) is 2.73. The van der Waals surface area contributed by atoms with Gasteiger partial charge in [0.15, 0.2) is 0 Å². The Labute approximate surface area is 78.1 Å². The van der Waals surface area contributed by atoms with Crippen molar-refractivity contribution in [2.45, 2.75) is 0 Å². The van der Waals surface area contributed by atoms with Gasteiger partial charge in [0.25, 0.3) is 0 Å². The topological polar surface area (TPSA) is 79.1 Å². The van der Waals surface area contributed by atoms with Crippen LogP contribution in [0.1, 0.15) is 10.5 Å². The molecule has 0 aliphatic rings. The molecule has 1 aromatic carbocycles. The number of aromatic carboxylic acids is 1. The average molecular weight is 194 g/mol. The van der Waals surface area contributed by atoms with Crippen molar-refractivity contribution in [3.8, 4) is 0 Å². The fourth-order valence-electron chi connectivity index (χ4n) is 1.32. The summed E-state index contributed by atoms with van der Waals surface area (Å²) in [4.78, 5) is 13.2. The van der Waals surface area contributed by atoms with E-state index < -0.39 is 11.8 Å². The number of nitrogens with two attached hydrogens (primary N) is 1. The van der Waals surface area contributed by atoms with E-state index in [1.165, 1.54) is 18.2 Å². The summed E-state index contributed by atoms with van der Waals surface area (Å²) in [5.41, 5.74) is 5.92. The molecule has 1 aromatic heterocycles. The minimum atomic E-state index is -1.10. The Hall–Kier alpha value is -2.04. The molecular formula is C9H7FN2O2. The summed E-state index contributed by atoms with van der Waals surface area (Å²) in [5.74, 6) is -1.64. The zero-order valence-electron chi connectivity index (χ0n) is 7.04. The molecule has 0 aliphatic heterocycles. The second-order valence-corrected chi connectivity index (χ2v) is 2.91. The van der Waals surface area contributed by atoms with Gasteiger partial charge in [-0.25, -0.2) is 9.18 Å². The van der Waals surface area contributed by atoms with E-state index in [4.69, 9.17) is 10.8 Å². The molecule has 0 spiro atoms. The maximum Gasteiger partial charge on any atom is 0.352 e. The molecule has 1 heterocycles. The quantitative estimate of drug-likeness (QED) is 0.603. The van der Waals surface area contributed by atoms with Gasteiger partial charge in [0.2, 0.25) is 0 Å². The van der Waals surface area contributed by atoms with Crippen LogP contribution in [0.2, 0.25) is 0 Å². The summed E-state index contributed by atoms with van der Waals surface area (Å²) in [6, 6.07) is 3.96. The highest BCUT2D eigenvalue weighted by Crippen LogP contribution is 2.24. The number of hydrogen-bond donors (Lipinski definition) is 3. The number of carbonyl (C=O) groups is 1. The summed E-state index contributed by atoms with van der Waals surface area (Å²) in [6.45, 7) is 0. The highest BCUT2D eigenvalue weighted by molar-refractivity contribution is 5.98. The van der Waals surface area contributed by atoms with Crippen LogP contribution in [-0.2, 0) is 0 Å². The van der Waals surface area contributed by atoms with Gasteiger partial charge in [0.05, 0.1) is 5.69 Å². The number of carboxylic acids is 1. The largest absolute Gasteiger partial charge is 0.477 e. The van der Waals surface area contributed by atoms with Crippen LogP contribution in [0.25, 0.3) is 10.9 Å². The van der Waals surface area contributed by atoms with Crippen LogP contribution in [0.4, 0.5) is 10.1 Å². The molecule has 0 radical (unpaired) electrons. The smallest absolute Gasteiger partial charge is 0.352 e. The lowest BCUT2D eigenvalue weighted by molar-refractivity contribution is 0.0691. The van der Waals surface area contributed by atoms with Crippen molar-refractivity contribution < 1.29 is 14.3 Å². The van der Waals surface area contributed by atoms with E-state index in [0.717, 1.165) is 0 Å². The monoisotopic (exact) mass is 194 g/mol. The van der Waals surface area contributed by atoms with Crippen molar-refractivity contribution in [1.82, 2.24) is 4.98 Å². The fraction of sp³-hybridized carbons (Fsp3) is 0. The first-order valence-electron chi connectivity index (χ1n) is 3.89. The van der Waals surface area contributed by atoms with Gasteiger partial charge in [-0.3, -0.25) is 0 Å². The van der Waals surface area contributed by atoms with Gasteiger partial charge < -0.3 is 15.8 Å². The Kier molecular flexibility index (Phi) is 1.67. The van der Waals surface area contributed by atoms with Gasteiger partial charge in [-0.05, 0) is 18.2 Å². The van der Waals surface area contributed by atoms with E-state index in [-0.39, 0.29) is 11.4 Å². The summed E-state index contributed by atoms with van der Waals surface area (Å²) in [6.07, 6.45) is 0. The number of anilines is 1. The Balaban J connectivity index is 2.77. The van der Waals surface area contributed by atoms with Crippen LogP contribution in [-0.4, -0.2) is 16.1 Å². The van der Waals surface area contributed by atoms with Gasteiger partial charge >= 0.3 is 5.97 Å². The van der Waals surface area contributed by atoms with E-state index in [0.29, 0.717) is 10.9 Å². The highest BCUT2D eigenvalue weighted by Gasteiger charge is 2.11. The van der Waals surface area contributed by atoms with Gasteiger partial charge in [-0.15, -0.1) is 0 Å². The first kappa shape index (κ1) is 8.55. The normalized spacial score (nSPS) is 10.6. The van der Waals surface area contributed by atoms with Crippen molar-refractivity contribution in [3.63, 3.8) is 0 Å². The standard InChI is InChI=1S/C9H7FN2O2/c10-5-1-2-6-4(8(5)11)3-7(12-6)9(13)14/h1-3,12H,11H2,(H,13,14). The predicted octanol–water partition coefficient (Wildman–Crippen LogP) is 1.59. The van der Waals surface area contributed by atoms with Gasteiger partial charge in [0, 0.05) is 10.9 Å². The molecule has 0 saturated heterocycles. The van der Waals surface area contributed by atoms with Gasteiger partial charge in [-0.2, -0.15) is 0 Å². The molecule has 4 N–H and O–H groups in total. The van der Waals surface area contributed by atoms with Gasteiger partial charge in [-0.1, -0.05) is 0 Å². The zero-order chi connectivity index (χ0) is 10.3. The first-order valence-corrected chi connectivity index (χ1v) is 3.89. The third-order valence-corrected chi connectivity index (χ3v) is 2.02. The third-order valence-electron chi connectivity index (χ3n) is 2.02. The molecule has 0 bridgehead atoms. The number of aromatic nitrogens is 1. The molecule has 2 rings (SSSR count). The number of carboxylic acid groups (broad SMARTS) is 1. The van der Waals surface area contributed by atoms with Crippen LogP contribution >= 0.6 is 0 Å². The molecule has 0 aliphatic carbocycles. The Morgan fingerprint density at radius 3 is 2.86 bits per heavy atom. The number of nitrogen functional groups attached to an aromatic ring is 1. The number of halogens is 1. The maximum atomic E-state index is 13.0. The summed E-state index contributed by atoms with van der Waals surface area (Å²) in [7, 11) is 0. The minimum Gasteiger partial charge on any atom is -0.477 e. The minimum absolute atomic E-state index is 0.00250. The third kappa shape index (κ3) is 1.10. The van der Waals surface area contributed by atoms with E-state index in [1.807, 2.05) is 0 Å². The lowest BCUT2D eigenvalue weighted by Gasteiger charge is -1.96. The number of aromatic amines is 1. The molecule has 2 aromatic rings. The molecular weight excluding hydrogens is 187 g/mol. The van der Waals surface area contributed by atoms with E-state index in [9.17, 15) is 9.18 Å². The van der Waals surface area contributed by atoms with Crippen molar-refractivity contribution >= 4 is 22.6 Å². The van der Waals surface area contributed by atoms with Crippen molar-refractivity contribution in [2.24, 2.45) is 0 Å². The fourth-order valence-corrected chi connectivity index (χ4v) is 1.32. The van der Waals surface area contributed by atoms with Crippen molar-refractivity contribution in [1.29, 1.82) is 0 Å². The predicted molar refractivity (Wildman–Crippen MR) is 49.6 cm³/mol. The SMILES string of the molecule is Nc1c(F)ccc2[nH]c(C(=O)O)cc12. The number of hydrogen-bond acceptors (Lipinski definition) is 2. The lowest BCUT2D eigenvalue weighted by Crippen LogP contribution is -1.94. The van der Waals surface area contributed by atoms with Crippen LogP contribution in [0.15, 0.2) is 18.2 Å². The van der Waals surface area contributed by atoms with Crippen LogP contribution in [0.3, 0.4) is 0 Å². The average Bonchev–Trinajstić information content (AvgIpc) is 2.56. The number of nitrogens with one attached hydrogen (secondary N) is 1.